The molecule has 0 bridgehead atoms. The van der Waals surface area contributed by atoms with Crippen molar-refractivity contribution in [3.05, 3.63) is 23.8 Å². The zero-order valence-corrected chi connectivity index (χ0v) is 13.7. The second-order valence-corrected chi connectivity index (χ2v) is 5.84. The Morgan fingerprint density at radius 2 is 2.18 bits per heavy atom. The number of piperidine rings is 1. The van der Waals surface area contributed by atoms with Gasteiger partial charge in [0.1, 0.15) is 5.52 Å². The van der Waals surface area contributed by atoms with Crippen molar-refractivity contribution >= 4 is 29.3 Å². The van der Waals surface area contributed by atoms with Gasteiger partial charge in [-0.2, -0.15) is 0 Å². The predicted molar refractivity (Wildman–Crippen MR) is 88.1 cm³/mol. The number of hydrogen-bond acceptors (Lipinski definition) is 4. The van der Waals surface area contributed by atoms with Crippen molar-refractivity contribution in [1.82, 2.24) is 19.9 Å². The van der Waals surface area contributed by atoms with Crippen molar-refractivity contribution in [2.75, 3.05) is 6.54 Å². The molecule has 1 aromatic heterocycles. The topological polar surface area (TPSA) is 77.0 Å². The normalized spacial score (nSPS) is 19.8. The molecule has 1 amide bonds. The van der Waals surface area contributed by atoms with Crippen molar-refractivity contribution in [3.8, 4) is 0 Å². The molecule has 1 aliphatic heterocycles. The third-order valence-electron chi connectivity index (χ3n) is 4.27. The van der Waals surface area contributed by atoms with Crippen LogP contribution in [-0.2, 0) is 7.05 Å². The minimum Gasteiger partial charge on any atom is -0.334 e. The van der Waals surface area contributed by atoms with Gasteiger partial charge in [-0.3, -0.25) is 4.79 Å². The van der Waals surface area contributed by atoms with Crippen molar-refractivity contribution in [2.45, 2.75) is 38.3 Å². The summed E-state index contributed by atoms with van der Waals surface area (Å²) in [6.45, 7) is 2.76. The van der Waals surface area contributed by atoms with Crippen LogP contribution < -0.4 is 5.73 Å². The van der Waals surface area contributed by atoms with Crippen LogP contribution in [0, 0.1) is 0 Å². The number of halogens is 1. The van der Waals surface area contributed by atoms with Crippen LogP contribution in [0.25, 0.3) is 11.0 Å². The SMILES string of the molecule is CC(N)C1CCCCN1C(=O)c1ccc2c(c1)nnn2C.Cl. The third kappa shape index (κ3) is 2.94. The van der Waals surface area contributed by atoms with Gasteiger partial charge in [-0.25, -0.2) is 4.68 Å². The van der Waals surface area contributed by atoms with E-state index >= 15 is 0 Å². The molecular weight excluding hydrogens is 302 g/mol. The zero-order valence-electron chi connectivity index (χ0n) is 12.9. The van der Waals surface area contributed by atoms with Crippen LogP contribution in [0.5, 0.6) is 0 Å². The lowest BCUT2D eigenvalue weighted by molar-refractivity contribution is 0.0584. The van der Waals surface area contributed by atoms with E-state index in [0.717, 1.165) is 36.8 Å². The Balaban J connectivity index is 0.00000176. The molecule has 1 saturated heterocycles. The van der Waals surface area contributed by atoms with Crippen LogP contribution in [0.1, 0.15) is 36.5 Å². The summed E-state index contributed by atoms with van der Waals surface area (Å²) >= 11 is 0. The first-order valence-corrected chi connectivity index (χ1v) is 7.44. The van der Waals surface area contributed by atoms with Crippen molar-refractivity contribution in [3.63, 3.8) is 0 Å². The number of nitrogens with zero attached hydrogens (tertiary/aromatic N) is 4. The number of amides is 1. The highest BCUT2D eigenvalue weighted by molar-refractivity contribution is 5.97. The van der Waals surface area contributed by atoms with Crippen molar-refractivity contribution in [1.29, 1.82) is 0 Å². The number of aryl methyl sites for hydroxylation is 1. The fourth-order valence-electron chi connectivity index (χ4n) is 3.10. The van der Waals surface area contributed by atoms with Gasteiger partial charge in [0, 0.05) is 31.2 Å². The second-order valence-electron chi connectivity index (χ2n) is 5.84. The van der Waals surface area contributed by atoms with E-state index in [2.05, 4.69) is 10.3 Å². The van der Waals surface area contributed by atoms with E-state index < -0.39 is 0 Å². The maximum atomic E-state index is 12.8. The largest absolute Gasteiger partial charge is 0.334 e. The first-order valence-electron chi connectivity index (χ1n) is 7.44. The van der Waals surface area contributed by atoms with Gasteiger partial charge in [0.05, 0.1) is 5.52 Å². The molecular formula is C15H22ClN5O. The molecule has 2 heterocycles. The molecule has 1 fully saturated rings. The molecule has 2 atom stereocenters. The van der Waals surface area contributed by atoms with Gasteiger partial charge in [-0.05, 0) is 44.4 Å². The van der Waals surface area contributed by atoms with Gasteiger partial charge in [-0.1, -0.05) is 5.21 Å². The third-order valence-corrected chi connectivity index (χ3v) is 4.27. The number of hydrogen-bond donors (Lipinski definition) is 1. The molecule has 1 aliphatic rings. The molecule has 0 radical (unpaired) electrons. The van der Waals surface area contributed by atoms with Crippen LogP contribution in [0.3, 0.4) is 0 Å². The minimum atomic E-state index is -0.00509. The summed E-state index contributed by atoms with van der Waals surface area (Å²) in [4.78, 5) is 14.7. The number of benzene rings is 1. The molecule has 0 aliphatic carbocycles. The number of carbonyl (C=O) groups is 1. The highest BCUT2D eigenvalue weighted by atomic mass is 35.5. The van der Waals surface area contributed by atoms with Crippen molar-refractivity contribution < 1.29 is 4.79 Å². The number of nitrogens with two attached hydrogens (primary N) is 1. The Morgan fingerprint density at radius 1 is 1.41 bits per heavy atom. The molecule has 2 unspecified atom stereocenters. The maximum Gasteiger partial charge on any atom is 0.254 e. The van der Waals surface area contributed by atoms with Crippen LogP contribution in [-0.4, -0.2) is 44.4 Å². The summed E-state index contributed by atoms with van der Waals surface area (Å²) in [5.74, 6) is 0.0459. The Kier molecular flexibility index (Phi) is 5.03. The summed E-state index contributed by atoms with van der Waals surface area (Å²) in [6.07, 6.45) is 3.17. The first kappa shape index (κ1) is 16.7. The first-order chi connectivity index (χ1) is 10.1. The number of likely N-dealkylation sites (tertiary alicyclic amines) is 1. The highest BCUT2D eigenvalue weighted by Gasteiger charge is 2.29. The Morgan fingerprint density at radius 3 is 2.91 bits per heavy atom. The molecule has 22 heavy (non-hydrogen) atoms. The summed E-state index contributed by atoms with van der Waals surface area (Å²) in [7, 11) is 1.84. The average Bonchev–Trinajstić information content (AvgIpc) is 2.87. The van der Waals surface area contributed by atoms with Gasteiger partial charge in [-0.15, -0.1) is 17.5 Å². The summed E-state index contributed by atoms with van der Waals surface area (Å²) in [5, 5.41) is 8.05. The van der Waals surface area contributed by atoms with E-state index in [0.29, 0.717) is 5.56 Å². The van der Waals surface area contributed by atoms with E-state index in [1.165, 1.54) is 0 Å². The number of rotatable bonds is 2. The zero-order chi connectivity index (χ0) is 15.0. The number of aromatic nitrogens is 3. The predicted octanol–water partition coefficient (Wildman–Crippen LogP) is 1.73. The number of fused-ring (bicyclic) bond motifs is 1. The summed E-state index contributed by atoms with van der Waals surface area (Å²) in [6, 6.07) is 5.68. The van der Waals surface area contributed by atoms with E-state index in [9.17, 15) is 4.79 Å². The van der Waals surface area contributed by atoms with Crippen molar-refractivity contribution in [2.24, 2.45) is 12.8 Å². The van der Waals surface area contributed by atoms with Crippen LogP contribution in [0.15, 0.2) is 18.2 Å². The monoisotopic (exact) mass is 323 g/mol. The van der Waals surface area contributed by atoms with E-state index in [-0.39, 0.29) is 30.4 Å². The highest BCUT2D eigenvalue weighted by Crippen LogP contribution is 2.22. The average molecular weight is 324 g/mol. The Bertz CT molecular complexity index is 669. The van der Waals surface area contributed by atoms with E-state index in [1.807, 2.05) is 37.1 Å². The lowest BCUT2D eigenvalue weighted by Crippen LogP contribution is -2.51. The quantitative estimate of drug-likeness (QED) is 0.913. The second kappa shape index (κ2) is 6.62. The molecule has 0 spiro atoms. The van der Waals surface area contributed by atoms with Gasteiger partial charge in [0.2, 0.25) is 0 Å². The fraction of sp³-hybridized carbons (Fsp3) is 0.533. The lowest BCUT2D eigenvalue weighted by atomic mass is 9.96. The molecule has 120 valence electrons. The summed E-state index contributed by atoms with van der Waals surface area (Å²) < 4.78 is 1.70. The van der Waals surface area contributed by atoms with Gasteiger partial charge < -0.3 is 10.6 Å². The van der Waals surface area contributed by atoms with Crippen LogP contribution in [0.2, 0.25) is 0 Å². The summed E-state index contributed by atoms with van der Waals surface area (Å²) in [5.41, 5.74) is 8.38. The molecule has 2 aromatic rings. The minimum absolute atomic E-state index is 0. The Hall–Kier alpha value is -1.66. The van der Waals surface area contributed by atoms with Gasteiger partial charge in [0.25, 0.3) is 5.91 Å². The fourth-order valence-corrected chi connectivity index (χ4v) is 3.10. The molecule has 2 N–H and O–H groups in total. The number of carbonyl (C=O) groups excluding carboxylic acids is 1. The molecule has 3 rings (SSSR count). The lowest BCUT2D eigenvalue weighted by Gasteiger charge is -2.38. The van der Waals surface area contributed by atoms with Crippen LogP contribution in [0.4, 0.5) is 0 Å². The molecule has 6 nitrogen and oxygen atoms in total. The molecule has 0 saturated carbocycles. The van der Waals surface area contributed by atoms with Gasteiger partial charge >= 0.3 is 0 Å². The van der Waals surface area contributed by atoms with Crippen LogP contribution >= 0.6 is 12.4 Å². The maximum absolute atomic E-state index is 12.8. The van der Waals surface area contributed by atoms with E-state index in [1.54, 1.807) is 4.68 Å². The molecule has 1 aromatic carbocycles. The Labute approximate surface area is 136 Å². The standard InChI is InChI=1S/C15H21N5O.ClH/c1-10(16)13-5-3-4-8-20(13)15(21)11-6-7-14-12(9-11)17-18-19(14)2;/h6-7,9-10,13H,3-5,8,16H2,1-2H3;1H. The van der Waals surface area contributed by atoms with Gasteiger partial charge in [0.15, 0.2) is 0 Å². The molecule has 7 heteroatoms. The smallest absolute Gasteiger partial charge is 0.254 e. The van der Waals surface area contributed by atoms with E-state index in [4.69, 9.17) is 5.73 Å².